The summed E-state index contributed by atoms with van der Waals surface area (Å²) in [5, 5.41) is 9.60. The van der Waals surface area contributed by atoms with E-state index in [0.717, 1.165) is 24.5 Å². The number of methoxy groups -OCH3 is 1. The van der Waals surface area contributed by atoms with Crippen LogP contribution in [0.4, 0.5) is 0 Å². The third kappa shape index (κ3) is 2.64. The minimum Gasteiger partial charge on any atom is -0.392 e. The van der Waals surface area contributed by atoms with Gasteiger partial charge in [-0.05, 0) is 24.0 Å². The molecule has 0 bridgehead atoms. The number of hydrogen-bond donors (Lipinski definition) is 1. The lowest BCUT2D eigenvalue weighted by Gasteiger charge is -2.21. The summed E-state index contributed by atoms with van der Waals surface area (Å²) in [7, 11) is 1.73. The second-order valence-electron chi connectivity index (χ2n) is 3.53. The summed E-state index contributed by atoms with van der Waals surface area (Å²) in [6.07, 6.45) is 0.987. The number of rotatable bonds is 4. The maximum absolute atomic E-state index is 9.60. The molecule has 0 saturated carbocycles. The van der Waals surface area contributed by atoms with E-state index in [4.69, 9.17) is 4.74 Å². The molecule has 3 atom stereocenters. The lowest BCUT2D eigenvalue weighted by atomic mass is 9.89. The van der Waals surface area contributed by atoms with Crippen LogP contribution in [0.5, 0.6) is 0 Å². The molecule has 1 aliphatic rings. The number of ether oxygens (including phenoxy) is 1. The molecule has 0 aromatic heterocycles. The van der Waals surface area contributed by atoms with Gasteiger partial charge in [0.1, 0.15) is 0 Å². The average molecular weight is 190 g/mol. The van der Waals surface area contributed by atoms with Gasteiger partial charge in [0.05, 0.1) is 6.10 Å². The van der Waals surface area contributed by atoms with E-state index in [2.05, 4.69) is 6.92 Å². The van der Waals surface area contributed by atoms with Crippen molar-refractivity contribution in [3.8, 4) is 0 Å². The van der Waals surface area contributed by atoms with E-state index >= 15 is 0 Å². The monoisotopic (exact) mass is 190 g/mol. The summed E-state index contributed by atoms with van der Waals surface area (Å²) >= 11 is 1.86. The van der Waals surface area contributed by atoms with E-state index in [-0.39, 0.29) is 6.10 Å². The molecule has 1 fully saturated rings. The Morgan fingerprint density at radius 1 is 1.58 bits per heavy atom. The molecule has 1 aliphatic heterocycles. The van der Waals surface area contributed by atoms with Crippen molar-refractivity contribution in [1.82, 2.24) is 0 Å². The van der Waals surface area contributed by atoms with Crippen LogP contribution in [0, 0.1) is 11.8 Å². The van der Waals surface area contributed by atoms with Crippen molar-refractivity contribution in [3.05, 3.63) is 0 Å². The summed E-state index contributed by atoms with van der Waals surface area (Å²) in [6, 6.07) is 0. The fraction of sp³-hybridized carbons (Fsp3) is 1.00. The zero-order valence-corrected chi connectivity index (χ0v) is 8.64. The molecular formula is C9H18O2S. The Hall–Kier alpha value is 0.270. The highest BCUT2D eigenvalue weighted by atomic mass is 32.2. The lowest BCUT2D eigenvalue weighted by Crippen LogP contribution is -2.25. The predicted molar refractivity (Wildman–Crippen MR) is 52.5 cm³/mol. The van der Waals surface area contributed by atoms with Gasteiger partial charge in [-0.15, -0.1) is 0 Å². The van der Waals surface area contributed by atoms with Crippen LogP contribution in [0.2, 0.25) is 0 Å². The van der Waals surface area contributed by atoms with Crippen LogP contribution in [-0.4, -0.2) is 36.4 Å². The normalized spacial score (nSPS) is 32.2. The third-order valence-electron chi connectivity index (χ3n) is 2.60. The fourth-order valence-electron chi connectivity index (χ4n) is 1.62. The van der Waals surface area contributed by atoms with Gasteiger partial charge in [0.25, 0.3) is 0 Å². The largest absolute Gasteiger partial charge is 0.392 e. The van der Waals surface area contributed by atoms with Crippen molar-refractivity contribution < 1.29 is 9.84 Å². The summed E-state index contributed by atoms with van der Waals surface area (Å²) in [5.74, 6) is 3.12. The van der Waals surface area contributed by atoms with Crippen molar-refractivity contribution >= 4 is 11.8 Å². The summed E-state index contributed by atoms with van der Waals surface area (Å²) in [6.45, 7) is 3.02. The van der Waals surface area contributed by atoms with E-state index in [1.807, 2.05) is 11.8 Å². The quantitative estimate of drug-likeness (QED) is 0.726. The Kier molecular flexibility index (Phi) is 4.40. The molecule has 0 aliphatic carbocycles. The van der Waals surface area contributed by atoms with Crippen molar-refractivity contribution in [2.24, 2.45) is 11.8 Å². The van der Waals surface area contributed by atoms with Crippen molar-refractivity contribution in [1.29, 1.82) is 0 Å². The molecule has 0 radical (unpaired) electrons. The molecule has 0 aromatic carbocycles. The molecule has 1 rings (SSSR count). The topological polar surface area (TPSA) is 29.5 Å². The lowest BCUT2D eigenvalue weighted by molar-refractivity contribution is 0.0987. The Balaban J connectivity index is 2.25. The number of thioether (sulfide) groups is 1. The minimum atomic E-state index is -0.0816. The van der Waals surface area contributed by atoms with Gasteiger partial charge in [-0.3, -0.25) is 0 Å². The van der Waals surface area contributed by atoms with E-state index in [9.17, 15) is 5.11 Å². The first-order valence-electron chi connectivity index (χ1n) is 4.50. The zero-order chi connectivity index (χ0) is 8.97. The van der Waals surface area contributed by atoms with Crippen molar-refractivity contribution in [2.45, 2.75) is 19.4 Å². The molecule has 12 heavy (non-hydrogen) atoms. The van der Waals surface area contributed by atoms with Crippen LogP contribution in [0.3, 0.4) is 0 Å². The van der Waals surface area contributed by atoms with E-state index in [0.29, 0.717) is 11.8 Å². The minimum absolute atomic E-state index is 0.0816. The standard InChI is InChI=1S/C9H18O2S/c1-7(3-4-11-2)8-5-12-6-9(8)10/h7-10H,3-6H2,1-2H3. The first kappa shape index (κ1) is 10.4. The van der Waals surface area contributed by atoms with Gasteiger partial charge in [0.2, 0.25) is 0 Å². The first-order valence-corrected chi connectivity index (χ1v) is 5.66. The highest BCUT2D eigenvalue weighted by molar-refractivity contribution is 7.99. The maximum atomic E-state index is 9.60. The Labute approximate surface area is 78.7 Å². The van der Waals surface area contributed by atoms with E-state index in [1.54, 1.807) is 7.11 Å². The molecule has 72 valence electrons. The van der Waals surface area contributed by atoms with Crippen LogP contribution in [0.25, 0.3) is 0 Å². The average Bonchev–Trinajstić information content (AvgIpc) is 2.47. The van der Waals surface area contributed by atoms with Gasteiger partial charge in [-0.1, -0.05) is 6.92 Å². The van der Waals surface area contributed by atoms with Gasteiger partial charge >= 0.3 is 0 Å². The summed E-state index contributed by atoms with van der Waals surface area (Å²) < 4.78 is 5.02. The van der Waals surface area contributed by atoms with Crippen LogP contribution in [0.15, 0.2) is 0 Å². The molecule has 1 N–H and O–H groups in total. The van der Waals surface area contributed by atoms with Crippen molar-refractivity contribution in [3.63, 3.8) is 0 Å². The molecule has 3 unspecified atom stereocenters. The highest BCUT2D eigenvalue weighted by Crippen LogP contribution is 2.31. The highest BCUT2D eigenvalue weighted by Gasteiger charge is 2.29. The van der Waals surface area contributed by atoms with E-state index in [1.165, 1.54) is 0 Å². The van der Waals surface area contributed by atoms with Gasteiger partial charge in [0, 0.05) is 19.5 Å². The molecular weight excluding hydrogens is 172 g/mol. The van der Waals surface area contributed by atoms with Crippen LogP contribution < -0.4 is 0 Å². The Morgan fingerprint density at radius 3 is 2.83 bits per heavy atom. The van der Waals surface area contributed by atoms with Crippen LogP contribution >= 0.6 is 11.8 Å². The summed E-state index contributed by atoms with van der Waals surface area (Å²) in [4.78, 5) is 0. The molecule has 0 spiro atoms. The van der Waals surface area contributed by atoms with Gasteiger partial charge in [0.15, 0.2) is 0 Å². The molecule has 3 heteroatoms. The smallest absolute Gasteiger partial charge is 0.0669 e. The Bertz CT molecular complexity index is 130. The zero-order valence-electron chi connectivity index (χ0n) is 7.82. The third-order valence-corrected chi connectivity index (χ3v) is 3.80. The van der Waals surface area contributed by atoms with Crippen LogP contribution in [0.1, 0.15) is 13.3 Å². The van der Waals surface area contributed by atoms with Crippen LogP contribution in [-0.2, 0) is 4.74 Å². The molecule has 2 nitrogen and oxygen atoms in total. The fourth-order valence-corrected chi connectivity index (χ4v) is 3.07. The van der Waals surface area contributed by atoms with Crippen molar-refractivity contribution in [2.75, 3.05) is 25.2 Å². The molecule has 1 heterocycles. The summed E-state index contributed by atoms with van der Waals surface area (Å²) in [5.41, 5.74) is 0. The molecule has 0 aromatic rings. The SMILES string of the molecule is COCCC(C)C1CSCC1O. The second kappa shape index (κ2) is 5.10. The van der Waals surface area contributed by atoms with E-state index < -0.39 is 0 Å². The first-order chi connectivity index (χ1) is 5.75. The number of aliphatic hydroxyl groups is 1. The molecule has 1 saturated heterocycles. The van der Waals surface area contributed by atoms with Gasteiger partial charge < -0.3 is 9.84 Å². The Morgan fingerprint density at radius 2 is 2.33 bits per heavy atom. The van der Waals surface area contributed by atoms with Gasteiger partial charge in [-0.25, -0.2) is 0 Å². The molecule has 0 amide bonds. The second-order valence-corrected chi connectivity index (χ2v) is 4.60. The number of aliphatic hydroxyl groups excluding tert-OH is 1. The number of hydrogen-bond acceptors (Lipinski definition) is 3. The predicted octanol–water partition coefficient (Wildman–Crippen LogP) is 1.38. The van der Waals surface area contributed by atoms with Gasteiger partial charge in [-0.2, -0.15) is 11.8 Å². The maximum Gasteiger partial charge on any atom is 0.0669 e.